The van der Waals surface area contributed by atoms with Crippen LogP contribution in [0.5, 0.6) is 0 Å². The lowest BCUT2D eigenvalue weighted by Gasteiger charge is -2.41. The fourth-order valence-electron chi connectivity index (χ4n) is 3.70. The highest BCUT2D eigenvalue weighted by Gasteiger charge is 2.40. The van der Waals surface area contributed by atoms with Gasteiger partial charge in [0.05, 0.1) is 4.47 Å². The van der Waals surface area contributed by atoms with Crippen LogP contribution in [0.25, 0.3) is 0 Å². The molecule has 0 amide bonds. The second-order valence-corrected chi connectivity index (χ2v) is 6.47. The first-order valence-electron chi connectivity index (χ1n) is 7.15. The lowest BCUT2D eigenvalue weighted by molar-refractivity contribution is 0.361. The molecule has 2 heterocycles. The molecule has 2 nitrogen and oxygen atoms in total. The molecule has 0 aliphatic carbocycles. The van der Waals surface area contributed by atoms with Crippen LogP contribution in [0.15, 0.2) is 22.7 Å². The average Bonchev–Trinajstić information content (AvgIpc) is 2.65. The van der Waals surface area contributed by atoms with Crippen LogP contribution in [0.3, 0.4) is 0 Å². The van der Waals surface area contributed by atoms with Crippen molar-refractivity contribution in [3.8, 4) is 0 Å². The molecule has 1 aromatic carbocycles. The molecule has 2 bridgehead atoms. The van der Waals surface area contributed by atoms with Crippen LogP contribution in [0, 0.1) is 5.82 Å². The summed E-state index contributed by atoms with van der Waals surface area (Å²) in [7, 11) is 0. The first-order valence-corrected chi connectivity index (χ1v) is 7.95. The zero-order valence-corrected chi connectivity index (χ0v) is 12.8. The summed E-state index contributed by atoms with van der Waals surface area (Å²) < 4.78 is 14.3. The van der Waals surface area contributed by atoms with Crippen LogP contribution in [-0.4, -0.2) is 24.7 Å². The number of rotatable bonds is 3. The molecule has 1 N–H and O–H groups in total. The second kappa shape index (κ2) is 5.41. The Labute approximate surface area is 122 Å². The van der Waals surface area contributed by atoms with Crippen molar-refractivity contribution in [2.45, 2.75) is 50.7 Å². The fraction of sp³-hybridized carbons (Fsp3) is 0.600. The summed E-state index contributed by atoms with van der Waals surface area (Å²) in [5.74, 6) is -0.161. The van der Waals surface area contributed by atoms with Gasteiger partial charge in [-0.2, -0.15) is 0 Å². The van der Waals surface area contributed by atoms with E-state index in [1.54, 1.807) is 6.07 Å². The van der Waals surface area contributed by atoms with E-state index >= 15 is 0 Å². The third-order valence-electron chi connectivity index (χ3n) is 4.43. The van der Waals surface area contributed by atoms with Crippen LogP contribution in [-0.2, 0) is 0 Å². The molecular weight excluding hydrogens is 307 g/mol. The summed E-state index contributed by atoms with van der Waals surface area (Å²) in [6.45, 7) is 3.20. The third-order valence-corrected chi connectivity index (χ3v) is 5.07. The molecule has 1 aromatic rings. The van der Waals surface area contributed by atoms with Crippen LogP contribution < -0.4 is 10.2 Å². The summed E-state index contributed by atoms with van der Waals surface area (Å²) in [5, 5.41) is 3.57. The summed E-state index contributed by atoms with van der Waals surface area (Å²) in [6.07, 6.45) is 4.85. The van der Waals surface area contributed by atoms with Crippen LogP contribution in [0.2, 0.25) is 0 Å². The van der Waals surface area contributed by atoms with E-state index in [-0.39, 0.29) is 5.82 Å². The standard InChI is InChI=1S/C15H20BrFN2/c1-2-18-10-7-11-3-4-12(8-10)19(11)13-5-6-14(16)15(17)9-13/h5-6,9-12,18H,2-4,7-8H2,1H3. The lowest BCUT2D eigenvalue weighted by atomic mass is 9.96. The van der Waals surface area contributed by atoms with Crippen molar-refractivity contribution < 1.29 is 4.39 Å². The zero-order valence-electron chi connectivity index (χ0n) is 11.2. The van der Waals surface area contributed by atoms with Gasteiger partial charge in [-0.1, -0.05) is 6.92 Å². The number of hydrogen-bond acceptors (Lipinski definition) is 2. The SMILES string of the molecule is CCNC1CC2CCC(C1)N2c1ccc(Br)c(F)c1. The van der Waals surface area contributed by atoms with Gasteiger partial charge >= 0.3 is 0 Å². The van der Waals surface area contributed by atoms with Crippen LogP contribution in [0.4, 0.5) is 10.1 Å². The normalized spacial score (nSPS) is 29.8. The number of hydrogen-bond donors (Lipinski definition) is 1. The third kappa shape index (κ3) is 2.52. The summed E-state index contributed by atoms with van der Waals surface area (Å²) in [5.41, 5.74) is 1.04. The predicted molar refractivity (Wildman–Crippen MR) is 80.1 cm³/mol. The van der Waals surface area contributed by atoms with Gasteiger partial charge < -0.3 is 10.2 Å². The van der Waals surface area contributed by atoms with Crippen molar-refractivity contribution in [3.05, 3.63) is 28.5 Å². The van der Waals surface area contributed by atoms with Crippen molar-refractivity contribution in [2.75, 3.05) is 11.4 Å². The molecule has 0 spiro atoms. The largest absolute Gasteiger partial charge is 0.365 e. The summed E-state index contributed by atoms with van der Waals surface area (Å²) in [6, 6.07) is 7.31. The predicted octanol–water partition coefficient (Wildman–Crippen LogP) is 3.70. The van der Waals surface area contributed by atoms with Gasteiger partial charge in [0, 0.05) is 23.8 Å². The fourth-order valence-corrected chi connectivity index (χ4v) is 3.95. The number of benzene rings is 1. The van der Waals surface area contributed by atoms with Crippen molar-refractivity contribution >= 4 is 21.6 Å². The molecule has 0 radical (unpaired) electrons. The van der Waals surface area contributed by atoms with E-state index in [1.807, 2.05) is 12.1 Å². The molecule has 0 saturated carbocycles. The lowest BCUT2D eigenvalue weighted by Crippen LogP contribution is -2.49. The van der Waals surface area contributed by atoms with Crippen molar-refractivity contribution in [2.24, 2.45) is 0 Å². The number of nitrogens with one attached hydrogen (secondary N) is 1. The minimum Gasteiger partial charge on any atom is -0.365 e. The molecule has 4 heteroatoms. The van der Waals surface area contributed by atoms with Crippen LogP contribution >= 0.6 is 15.9 Å². The molecule has 19 heavy (non-hydrogen) atoms. The Morgan fingerprint density at radius 1 is 1.32 bits per heavy atom. The minimum absolute atomic E-state index is 0.161. The van der Waals surface area contributed by atoms with Gasteiger partial charge in [0.25, 0.3) is 0 Å². The molecule has 2 atom stereocenters. The smallest absolute Gasteiger partial charge is 0.139 e. The van der Waals surface area contributed by atoms with Crippen LogP contribution in [0.1, 0.15) is 32.6 Å². The highest BCUT2D eigenvalue weighted by molar-refractivity contribution is 9.10. The maximum absolute atomic E-state index is 13.7. The Kier molecular flexibility index (Phi) is 3.81. The zero-order chi connectivity index (χ0) is 13.4. The maximum Gasteiger partial charge on any atom is 0.139 e. The highest BCUT2D eigenvalue weighted by Crippen LogP contribution is 2.40. The quantitative estimate of drug-likeness (QED) is 0.911. The first-order chi connectivity index (χ1) is 9.19. The van der Waals surface area contributed by atoms with Crippen molar-refractivity contribution in [1.82, 2.24) is 5.32 Å². The molecule has 0 aromatic heterocycles. The number of piperidine rings is 1. The van der Waals surface area contributed by atoms with Gasteiger partial charge in [0.15, 0.2) is 0 Å². The molecule has 104 valence electrons. The average molecular weight is 327 g/mol. The molecule has 2 saturated heterocycles. The number of nitrogens with zero attached hydrogens (tertiary/aromatic N) is 1. The Balaban J connectivity index is 1.81. The molecule has 2 fully saturated rings. The summed E-state index contributed by atoms with van der Waals surface area (Å²) in [4.78, 5) is 2.45. The van der Waals surface area contributed by atoms with Crippen molar-refractivity contribution in [3.63, 3.8) is 0 Å². The maximum atomic E-state index is 13.7. The monoisotopic (exact) mass is 326 g/mol. The number of fused-ring (bicyclic) bond motifs is 2. The van der Waals surface area contributed by atoms with Crippen molar-refractivity contribution in [1.29, 1.82) is 0 Å². The van der Waals surface area contributed by atoms with E-state index < -0.39 is 0 Å². The summed E-state index contributed by atoms with van der Waals surface area (Å²) >= 11 is 3.23. The number of anilines is 1. The van der Waals surface area contributed by atoms with E-state index in [9.17, 15) is 4.39 Å². The van der Waals surface area contributed by atoms with E-state index in [2.05, 4.69) is 33.1 Å². The van der Waals surface area contributed by atoms with E-state index in [4.69, 9.17) is 0 Å². The second-order valence-electron chi connectivity index (χ2n) is 5.62. The molecule has 2 aliphatic rings. The van der Waals surface area contributed by atoms with Gasteiger partial charge in [-0.05, 0) is 66.4 Å². The van der Waals surface area contributed by atoms with E-state index in [0.717, 1.165) is 12.2 Å². The minimum atomic E-state index is -0.161. The van der Waals surface area contributed by atoms with Gasteiger partial charge in [0.1, 0.15) is 5.82 Å². The first kappa shape index (κ1) is 13.4. The Morgan fingerprint density at radius 2 is 2.00 bits per heavy atom. The van der Waals surface area contributed by atoms with Gasteiger partial charge in [0.2, 0.25) is 0 Å². The number of halogens is 2. The Hall–Kier alpha value is -0.610. The molecule has 2 aliphatic heterocycles. The topological polar surface area (TPSA) is 15.3 Å². The van der Waals surface area contributed by atoms with Gasteiger partial charge in [-0.25, -0.2) is 4.39 Å². The van der Waals surface area contributed by atoms with Gasteiger partial charge in [-0.3, -0.25) is 0 Å². The molecular formula is C15H20BrFN2. The van der Waals surface area contributed by atoms with E-state index in [1.165, 1.54) is 25.7 Å². The molecule has 2 unspecified atom stereocenters. The Bertz CT molecular complexity index is 451. The van der Waals surface area contributed by atoms with E-state index in [0.29, 0.717) is 22.6 Å². The highest BCUT2D eigenvalue weighted by atomic mass is 79.9. The molecule has 3 rings (SSSR count). The van der Waals surface area contributed by atoms with Gasteiger partial charge in [-0.15, -0.1) is 0 Å². The Morgan fingerprint density at radius 3 is 2.58 bits per heavy atom.